The van der Waals surface area contributed by atoms with Crippen LogP contribution in [0.4, 0.5) is 30.6 Å². The van der Waals surface area contributed by atoms with Crippen LogP contribution in [-0.4, -0.2) is 87.3 Å². The number of rotatable bonds is 6. The molecule has 0 bridgehead atoms. The van der Waals surface area contributed by atoms with Gasteiger partial charge in [0.2, 0.25) is 11.8 Å². The van der Waals surface area contributed by atoms with Crippen molar-refractivity contribution in [2.45, 2.75) is 63.8 Å². The SMILES string of the molecule is CC12Cc3[nH]nc(C(=O)Nc4cnn(C5CCN(C(=O)C6CCN(c7ccc(N8CCC(=O)NC8=O)cc7)CC6)CC5)c4)c3CC1C2(F)F. The molecule has 2 unspecified atom stereocenters. The lowest BCUT2D eigenvalue weighted by atomic mass is 9.87. The molecule has 3 aliphatic heterocycles. The van der Waals surface area contributed by atoms with Crippen LogP contribution >= 0.6 is 0 Å². The van der Waals surface area contributed by atoms with E-state index < -0.39 is 29.2 Å². The number of likely N-dealkylation sites (tertiary alicyclic amines) is 1. The number of aromatic nitrogens is 4. The molecule has 3 saturated heterocycles. The molecule has 2 atom stereocenters. The maximum Gasteiger partial charge on any atom is 0.328 e. The van der Waals surface area contributed by atoms with Crippen LogP contribution in [0.25, 0.3) is 0 Å². The number of benzene rings is 1. The number of aromatic amines is 1. The second-order valence-corrected chi connectivity index (χ2v) is 14.3. The first-order valence-electron chi connectivity index (χ1n) is 17.1. The quantitative estimate of drug-likeness (QED) is 0.361. The zero-order chi connectivity index (χ0) is 34.1. The summed E-state index contributed by atoms with van der Waals surface area (Å²) in [6.45, 7) is 4.74. The van der Waals surface area contributed by atoms with Gasteiger partial charge in [0.15, 0.2) is 5.69 Å². The molecule has 5 heterocycles. The Labute approximate surface area is 281 Å². The van der Waals surface area contributed by atoms with Gasteiger partial charge < -0.3 is 15.1 Å². The van der Waals surface area contributed by atoms with Crippen LogP contribution in [0.2, 0.25) is 0 Å². The van der Waals surface area contributed by atoms with E-state index in [0.29, 0.717) is 36.6 Å². The molecule has 4 fully saturated rings. The average molecular weight is 676 g/mol. The van der Waals surface area contributed by atoms with E-state index in [2.05, 4.69) is 30.8 Å². The summed E-state index contributed by atoms with van der Waals surface area (Å²) in [6, 6.07) is 7.43. The summed E-state index contributed by atoms with van der Waals surface area (Å²) in [5, 5.41) is 16.6. The van der Waals surface area contributed by atoms with Gasteiger partial charge >= 0.3 is 6.03 Å². The number of halogens is 2. The summed E-state index contributed by atoms with van der Waals surface area (Å²) < 4.78 is 30.4. The fourth-order valence-corrected chi connectivity index (χ4v) is 8.24. The molecule has 5 amide bonds. The average Bonchev–Trinajstić information content (AvgIpc) is 3.53. The van der Waals surface area contributed by atoms with E-state index in [9.17, 15) is 28.0 Å². The number of carbonyl (C=O) groups is 4. The van der Waals surface area contributed by atoms with Crippen molar-refractivity contribution in [3.05, 3.63) is 53.6 Å². The number of H-pyrrole nitrogens is 1. The van der Waals surface area contributed by atoms with Crippen molar-refractivity contribution in [2.24, 2.45) is 17.3 Å². The molecule has 3 N–H and O–H groups in total. The van der Waals surface area contributed by atoms with Crippen molar-refractivity contribution in [2.75, 3.05) is 47.8 Å². The van der Waals surface area contributed by atoms with E-state index in [1.54, 1.807) is 24.2 Å². The largest absolute Gasteiger partial charge is 0.371 e. The fourth-order valence-electron chi connectivity index (χ4n) is 8.24. The van der Waals surface area contributed by atoms with Crippen LogP contribution in [0.5, 0.6) is 0 Å². The molecule has 2 aromatic heterocycles. The molecule has 3 aromatic rings. The topological polar surface area (TPSA) is 149 Å². The first kappa shape index (κ1) is 31.4. The minimum absolute atomic E-state index is 0.0270. The van der Waals surface area contributed by atoms with Crippen molar-refractivity contribution in [3.63, 3.8) is 0 Å². The standard InChI is InChI=1S/C34H39F2N9O4/c1-33-17-26-25(16-27(33)34(33,35)36)29(41-40-26)30(47)38-21-18-37-45(19-21)24-8-13-43(14-9-24)31(48)20-6-11-42(12-7-20)22-2-4-23(5-3-22)44-15-10-28(46)39-32(44)49/h2-5,18-20,24,27H,6-17H2,1H3,(H,38,47)(H,40,41)(H,39,46,49). The number of alkyl halides is 2. The van der Waals surface area contributed by atoms with E-state index >= 15 is 0 Å². The van der Waals surface area contributed by atoms with Crippen molar-refractivity contribution in [1.82, 2.24) is 30.2 Å². The first-order chi connectivity index (χ1) is 23.5. The smallest absolute Gasteiger partial charge is 0.328 e. The van der Waals surface area contributed by atoms with Gasteiger partial charge in [0.25, 0.3) is 11.8 Å². The highest BCUT2D eigenvalue weighted by Gasteiger charge is 2.78. The van der Waals surface area contributed by atoms with Crippen LogP contribution in [-0.2, 0) is 22.4 Å². The maximum atomic E-state index is 14.3. The van der Waals surface area contributed by atoms with E-state index in [-0.39, 0.29) is 48.7 Å². The Balaban J connectivity index is 0.803. The number of nitrogens with zero attached hydrogens (tertiary/aromatic N) is 6. The van der Waals surface area contributed by atoms with Crippen LogP contribution < -0.4 is 20.4 Å². The Kier molecular flexibility index (Phi) is 7.48. The second-order valence-electron chi connectivity index (χ2n) is 14.3. The third-order valence-corrected chi connectivity index (χ3v) is 11.4. The van der Waals surface area contributed by atoms with Crippen LogP contribution in [0, 0.1) is 17.3 Å². The number of nitrogens with one attached hydrogen (secondary N) is 3. The summed E-state index contributed by atoms with van der Waals surface area (Å²) in [7, 11) is 0. The summed E-state index contributed by atoms with van der Waals surface area (Å²) in [5.41, 5.74) is 2.57. The number of urea groups is 1. The van der Waals surface area contributed by atoms with E-state index in [0.717, 1.165) is 50.1 Å². The molecule has 258 valence electrons. The van der Waals surface area contributed by atoms with Crippen molar-refractivity contribution >= 4 is 40.8 Å². The molecule has 8 rings (SSSR count). The van der Waals surface area contributed by atoms with Gasteiger partial charge in [0.1, 0.15) is 0 Å². The summed E-state index contributed by atoms with van der Waals surface area (Å²) in [4.78, 5) is 55.9. The number of imide groups is 1. The zero-order valence-electron chi connectivity index (χ0n) is 27.3. The predicted molar refractivity (Wildman–Crippen MR) is 174 cm³/mol. The molecule has 5 aliphatic rings. The number of anilines is 3. The lowest BCUT2D eigenvalue weighted by Gasteiger charge is -2.38. The molecular weight excluding hydrogens is 636 g/mol. The third-order valence-electron chi connectivity index (χ3n) is 11.4. The maximum absolute atomic E-state index is 14.3. The lowest BCUT2D eigenvalue weighted by molar-refractivity contribution is -0.137. The molecule has 0 radical (unpaired) electrons. The van der Waals surface area contributed by atoms with Gasteiger partial charge in [-0.25, -0.2) is 13.6 Å². The highest BCUT2D eigenvalue weighted by atomic mass is 19.3. The second kappa shape index (κ2) is 11.7. The van der Waals surface area contributed by atoms with E-state index in [1.807, 2.05) is 33.8 Å². The molecule has 1 saturated carbocycles. The molecular formula is C34H39F2N9O4. The van der Waals surface area contributed by atoms with E-state index in [1.165, 1.54) is 0 Å². The summed E-state index contributed by atoms with van der Waals surface area (Å²) in [6.07, 6.45) is 6.97. The number of fused-ring (bicyclic) bond motifs is 2. The van der Waals surface area contributed by atoms with E-state index in [4.69, 9.17) is 0 Å². The van der Waals surface area contributed by atoms with Crippen molar-refractivity contribution in [3.8, 4) is 0 Å². The fraction of sp³-hybridized carbons (Fsp3) is 0.529. The Morgan fingerprint density at radius 3 is 2.41 bits per heavy atom. The predicted octanol–water partition coefficient (Wildman–Crippen LogP) is 3.75. The Morgan fingerprint density at radius 1 is 0.980 bits per heavy atom. The third kappa shape index (κ3) is 5.42. The lowest BCUT2D eigenvalue weighted by Crippen LogP contribution is -2.49. The Hall–Kier alpha value is -4.82. The number of hydrogen-bond donors (Lipinski definition) is 3. The highest BCUT2D eigenvalue weighted by Crippen LogP contribution is 2.70. The number of piperidine rings is 2. The van der Waals surface area contributed by atoms with Crippen LogP contribution in [0.15, 0.2) is 36.7 Å². The van der Waals surface area contributed by atoms with Crippen LogP contribution in [0.3, 0.4) is 0 Å². The molecule has 1 aromatic carbocycles. The van der Waals surface area contributed by atoms with Gasteiger partial charge in [0.05, 0.1) is 17.9 Å². The minimum Gasteiger partial charge on any atom is -0.371 e. The summed E-state index contributed by atoms with van der Waals surface area (Å²) >= 11 is 0. The normalized spacial score (nSPS) is 25.4. The monoisotopic (exact) mass is 675 g/mol. The molecule has 15 heteroatoms. The van der Waals surface area contributed by atoms with Crippen molar-refractivity contribution < 1.29 is 28.0 Å². The van der Waals surface area contributed by atoms with Gasteiger partial charge in [-0.1, -0.05) is 6.92 Å². The molecule has 0 spiro atoms. The minimum atomic E-state index is -2.73. The number of amides is 5. The van der Waals surface area contributed by atoms with Gasteiger partial charge in [-0.3, -0.25) is 34.4 Å². The number of hydrogen-bond acceptors (Lipinski definition) is 7. The van der Waals surface area contributed by atoms with Crippen LogP contribution in [0.1, 0.15) is 66.8 Å². The van der Waals surface area contributed by atoms with Gasteiger partial charge in [-0.15, -0.1) is 0 Å². The first-order valence-corrected chi connectivity index (χ1v) is 17.1. The van der Waals surface area contributed by atoms with Crippen molar-refractivity contribution in [1.29, 1.82) is 0 Å². The highest BCUT2D eigenvalue weighted by molar-refractivity contribution is 6.05. The summed E-state index contributed by atoms with van der Waals surface area (Å²) in [5.74, 6) is -4.03. The zero-order valence-corrected chi connectivity index (χ0v) is 27.3. The molecule has 2 aliphatic carbocycles. The van der Waals surface area contributed by atoms with Gasteiger partial charge in [-0.05, 0) is 56.4 Å². The Morgan fingerprint density at radius 2 is 1.69 bits per heavy atom. The van der Waals surface area contributed by atoms with Gasteiger partial charge in [-0.2, -0.15) is 10.2 Å². The number of carbonyl (C=O) groups excluding carboxylic acids is 4. The van der Waals surface area contributed by atoms with Gasteiger partial charge in [0, 0.05) is 91.6 Å². The molecule has 49 heavy (non-hydrogen) atoms. The Bertz CT molecular complexity index is 1810. The molecule has 13 nitrogen and oxygen atoms in total.